The smallest absolute Gasteiger partial charge is 0.226 e. The Morgan fingerprint density at radius 3 is 2.67 bits per heavy atom. The van der Waals surface area contributed by atoms with Gasteiger partial charge in [0.05, 0.1) is 11.6 Å². The van der Waals surface area contributed by atoms with Gasteiger partial charge in [0, 0.05) is 32.5 Å². The van der Waals surface area contributed by atoms with Crippen LogP contribution >= 0.6 is 12.2 Å². The SMILES string of the molecule is COCCN(CCC(N)=S)C(=O)C1CCCC1C. The van der Waals surface area contributed by atoms with Crippen molar-refractivity contribution >= 4 is 23.1 Å². The molecule has 1 amide bonds. The van der Waals surface area contributed by atoms with Crippen molar-refractivity contribution in [3.63, 3.8) is 0 Å². The van der Waals surface area contributed by atoms with E-state index >= 15 is 0 Å². The van der Waals surface area contributed by atoms with Crippen LogP contribution in [0.2, 0.25) is 0 Å². The monoisotopic (exact) mass is 272 g/mol. The van der Waals surface area contributed by atoms with Gasteiger partial charge in [-0.15, -0.1) is 0 Å². The maximum absolute atomic E-state index is 12.5. The molecule has 0 heterocycles. The van der Waals surface area contributed by atoms with Crippen molar-refractivity contribution in [2.45, 2.75) is 32.6 Å². The summed E-state index contributed by atoms with van der Waals surface area (Å²) in [6, 6.07) is 0. The fourth-order valence-corrected chi connectivity index (χ4v) is 2.62. The number of rotatable bonds is 7. The predicted octanol–water partition coefficient (Wildman–Crippen LogP) is 1.57. The second-order valence-electron chi connectivity index (χ2n) is 5.05. The molecule has 2 atom stereocenters. The highest BCUT2D eigenvalue weighted by Crippen LogP contribution is 2.32. The van der Waals surface area contributed by atoms with Crippen molar-refractivity contribution in [2.24, 2.45) is 17.6 Å². The first-order valence-corrected chi connectivity index (χ1v) is 7.03. The molecule has 18 heavy (non-hydrogen) atoms. The summed E-state index contributed by atoms with van der Waals surface area (Å²) in [5, 5.41) is 0. The van der Waals surface area contributed by atoms with Crippen LogP contribution in [0.3, 0.4) is 0 Å². The highest BCUT2D eigenvalue weighted by Gasteiger charge is 2.32. The molecule has 0 spiro atoms. The third kappa shape index (κ3) is 4.53. The van der Waals surface area contributed by atoms with Crippen LogP contribution in [0.1, 0.15) is 32.6 Å². The third-order valence-electron chi connectivity index (χ3n) is 3.68. The molecule has 4 nitrogen and oxygen atoms in total. The Kier molecular flexibility index (Phi) is 6.57. The van der Waals surface area contributed by atoms with E-state index in [2.05, 4.69) is 6.92 Å². The Morgan fingerprint density at radius 1 is 1.44 bits per heavy atom. The van der Waals surface area contributed by atoms with Gasteiger partial charge in [0.1, 0.15) is 0 Å². The second kappa shape index (κ2) is 7.69. The van der Waals surface area contributed by atoms with Gasteiger partial charge in [-0.1, -0.05) is 25.6 Å². The Bertz CT molecular complexity index is 297. The Morgan fingerprint density at radius 2 is 2.17 bits per heavy atom. The topological polar surface area (TPSA) is 55.6 Å². The molecule has 2 N–H and O–H groups in total. The average Bonchev–Trinajstić information content (AvgIpc) is 2.74. The van der Waals surface area contributed by atoms with Crippen molar-refractivity contribution < 1.29 is 9.53 Å². The molecule has 0 aromatic carbocycles. The number of nitrogens with two attached hydrogens (primary N) is 1. The molecule has 0 radical (unpaired) electrons. The molecule has 0 aromatic rings. The zero-order valence-electron chi connectivity index (χ0n) is 11.4. The Labute approximate surface area is 115 Å². The molecule has 0 aromatic heterocycles. The van der Waals surface area contributed by atoms with Gasteiger partial charge in [-0.05, 0) is 18.8 Å². The first-order valence-electron chi connectivity index (χ1n) is 6.62. The second-order valence-corrected chi connectivity index (χ2v) is 5.57. The number of carbonyl (C=O) groups is 1. The number of ether oxygens (including phenoxy) is 1. The zero-order chi connectivity index (χ0) is 13.5. The minimum atomic E-state index is 0.174. The summed E-state index contributed by atoms with van der Waals surface area (Å²) in [7, 11) is 1.65. The number of carbonyl (C=O) groups excluding carboxylic acids is 1. The number of amides is 1. The highest BCUT2D eigenvalue weighted by molar-refractivity contribution is 7.80. The molecule has 1 aliphatic carbocycles. The van der Waals surface area contributed by atoms with Crippen LogP contribution in [0.15, 0.2) is 0 Å². The van der Waals surface area contributed by atoms with Gasteiger partial charge in [-0.3, -0.25) is 4.79 Å². The van der Waals surface area contributed by atoms with E-state index in [1.54, 1.807) is 7.11 Å². The summed E-state index contributed by atoms with van der Waals surface area (Å²) < 4.78 is 5.06. The Hall–Kier alpha value is -0.680. The standard InChI is InChI=1S/C13H24N2O2S/c1-10-4-3-5-11(10)13(16)15(8-9-17-2)7-6-12(14)18/h10-11H,3-9H2,1-2H3,(H2,14,18). The van der Waals surface area contributed by atoms with Crippen LogP contribution in [0.4, 0.5) is 0 Å². The van der Waals surface area contributed by atoms with Crippen molar-refractivity contribution in [2.75, 3.05) is 26.8 Å². The van der Waals surface area contributed by atoms with E-state index in [1.807, 2.05) is 4.90 Å². The van der Waals surface area contributed by atoms with Crippen molar-refractivity contribution in [1.82, 2.24) is 4.90 Å². The minimum absolute atomic E-state index is 0.174. The zero-order valence-corrected chi connectivity index (χ0v) is 12.2. The molecule has 1 aliphatic rings. The fourth-order valence-electron chi connectivity index (χ4n) is 2.53. The largest absolute Gasteiger partial charge is 0.393 e. The molecular formula is C13H24N2O2S. The Balaban J connectivity index is 2.56. The van der Waals surface area contributed by atoms with Gasteiger partial charge >= 0.3 is 0 Å². The number of methoxy groups -OCH3 is 1. The van der Waals surface area contributed by atoms with Crippen LogP contribution in [0.5, 0.6) is 0 Å². The van der Waals surface area contributed by atoms with E-state index in [1.165, 1.54) is 0 Å². The highest BCUT2D eigenvalue weighted by atomic mass is 32.1. The van der Waals surface area contributed by atoms with E-state index < -0.39 is 0 Å². The van der Waals surface area contributed by atoms with E-state index in [0.29, 0.717) is 37.0 Å². The summed E-state index contributed by atoms with van der Waals surface area (Å²) >= 11 is 4.88. The molecular weight excluding hydrogens is 248 g/mol. The number of hydrogen-bond acceptors (Lipinski definition) is 3. The summed E-state index contributed by atoms with van der Waals surface area (Å²) in [6.07, 6.45) is 3.91. The molecule has 0 aliphatic heterocycles. The maximum Gasteiger partial charge on any atom is 0.226 e. The maximum atomic E-state index is 12.5. The summed E-state index contributed by atoms with van der Waals surface area (Å²) in [4.78, 5) is 14.8. The third-order valence-corrected chi connectivity index (χ3v) is 3.89. The molecule has 1 fully saturated rings. The molecule has 1 saturated carbocycles. The average molecular weight is 272 g/mol. The minimum Gasteiger partial charge on any atom is -0.393 e. The molecule has 2 unspecified atom stereocenters. The van der Waals surface area contributed by atoms with Crippen LogP contribution < -0.4 is 5.73 Å². The molecule has 5 heteroatoms. The van der Waals surface area contributed by atoms with Crippen molar-refractivity contribution in [3.8, 4) is 0 Å². The molecule has 0 saturated heterocycles. The lowest BCUT2D eigenvalue weighted by Crippen LogP contribution is -2.40. The van der Waals surface area contributed by atoms with Crippen molar-refractivity contribution in [1.29, 1.82) is 0 Å². The lowest BCUT2D eigenvalue weighted by atomic mass is 9.96. The van der Waals surface area contributed by atoms with Gasteiger partial charge in [0.2, 0.25) is 5.91 Å². The molecule has 104 valence electrons. The van der Waals surface area contributed by atoms with Gasteiger partial charge in [0.15, 0.2) is 0 Å². The first-order chi connectivity index (χ1) is 8.56. The van der Waals surface area contributed by atoms with E-state index in [9.17, 15) is 4.79 Å². The number of hydrogen-bond donors (Lipinski definition) is 1. The van der Waals surface area contributed by atoms with E-state index in [0.717, 1.165) is 19.3 Å². The van der Waals surface area contributed by atoms with E-state index in [4.69, 9.17) is 22.7 Å². The van der Waals surface area contributed by atoms with Gasteiger partial charge in [0.25, 0.3) is 0 Å². The van der Waals surface area contributed by atoms with Gasteiger partial charge < -0.3 is 15.4 Å². The quantitative estimate of drug-likeness (QED) is 0.715. The fraction of sp³-hybridized carbons (Fsp3) is 0.846. The number of thiocarbonyl (C=S) groups is 1. The number of nitrogens with zero attached hydrogens (tertiary/aromatic N) is 1. The van der Waals surface area contributed by atoms with Crippen LogP contribution in [0, 0.1) is 11.8 Å². The lowest BCUT2D eigenvalue weighted by Gasteiger charge is -2.27. The van der Waals surface area contributed by atoms with Crippen LogP contribution in [-0.2, 0) is 9.53 Å². The first kappa shape index (κ1) is 15.4. The molecule has 1 rings (SSSR count). The van der Waals surface area contributed by atoms with Gasteiger partial charge in [-0.25, -0.2) is 0 Å². The normalized spacial score (nSPS) is 23.0. The molecule has 0 bridgehead atoms. The summed E-state index contributed by atoms with van der Waals surface area (Å²) in [5.41, 5.74) is 5.51. The van der Waals surface area contributed by atoms with E-state index in [-0.39, 0.29) is 11.8 Å². The van der Waals surface area contributed by atoms with Crippen LogP contribution in [-0.4, -0.2) is 42.6 Å². The van der Waals surface area contributed by atoms with Crippen molar-refractivity contribution in [3.05, 3.63) is 0 Å². The summed E-state index contributed by atoms with van der Waals surface area (Å²) in [6.45, 7) is 3.96. The lowest BCUT2D eigenvalue weighted by molar-refractivity contribution is -0.137. The van der Waals surface area contributed by atoms with Gasteiger partial charge in [-0.2, -0.15) is 0 Å². The predicted molar refractivity (Wildman–Crippen MR) is 76.4 cm³/mol. The summed E-state index contributed by atoms with van der Waals surface area (Å²) in [5.74, 6) is 0.911. The van der Waals surface area contributed by atoms with Crippen LogP contribution in [0.25, 0.3) is 0 Å².